The number of hydrogen-bond donors (Lipinski definition) is 1. The minimum Gasteiger partial charge on any atom is -0.496 e. The highest BCUT2D eigenvalue weighted by Gasteiger charge is 2.13. The molecule has 1 aromatic heterocycles. The number of ether oxygens (including phenoxy) is 1. The minimum absolute atomic E-state index is 0.283. The van der Waals surface area contributed by atoms with Crippen molar-refractivity contribution in [1.29, 1.82) is 0 Å². The Labute approximate surface area is 134 Å². The molecule has 6 heteroatoms. The van der Waals surface area contributed by atoms with Gasteiger partial charge in [0.15, 0.2) is 0 Å². The third kappa shape index (κ3) is 2.33. The van der Waals surface area contributed by atoms with E-state index in [4.69, 9.17) is 10.5 Å². The molecule has 3 rings (SSSR count). The summed E-state index contributed by atoms with van der Waals surface area (Å²) in [4.78, 5) is 4.30. The molecule has 21 heavy (non-hydrogen) atoms. The molecule has 0 aliphatic rings. The lowest BCUT2D eigenvalue weighted by atomic mass is 10.2. The van der Waals surface area contributed by atoms with E-state index in [0.29, 0.717) is 20.6 Å². The fourth-order valence-corrected chi connectivity index (χ4v) is 2.82. The second kappa shape index (κ2) is 5.18. The van der Waals surface area contributed by atoms with E-state index in [1.807, 2.05) is 47.7 Å². The molecule has 4 nitrogen and oxygen atoms in total. The topological polar surface area (TPSA) is 53.1 Å². The van der Waals surface area contributed by atoms with E-state index in [1.165, 1.54) is 6.07 Å². The number of nitrogens with zero attached hydrogens (tertiary/aromatic N) is 2. The van der Waals surface area contributed by atoms with Gasteiger partial charge in [0.05, 0.1) is 21.7 Å². The van der Waals surface area contributed by atoms with E-state index in [0.717, 1.165) is 17.0 Å². The van der Waals surface area contributed by atoms with Crippen molar-refractivity contribution < 1.29 is 9.13 Å². The Kier molecular flexibility index (Phi) is 3.48. The number of hydrogen-bond acceptors (Lipinski definition) is 3. The molecule has 0 atom stereocenters. The molecule has 1 heterocycles. The maximum Gasteiger partial charge on any atom is 0.205 e. The van der Waals surface area contributed by atoms with Crippen LogP contribution in [0.3, 0.4) is 0 Å². The van der Waals surface area contributed by atoms with Crippen LogP contribution in [0.4, 0.5) is 10.3 Å². The van der Waals surface area contributed by atoms with Crippen molar-refractivity contribution in [2.45, 2.75) is 6.92 Å². The van der Waals surface area contributed by atoms with Crippen molar-refractivity contribution in [2.75, 3.05) is 12.8 Å². The number of imidazole rings is 1. The van der Waals surface area contributed by atoms with Crippen LogP contribution >= 0.6 is 22.6 Å². The molecule has 0 radical (unpaired) electrons. The number of rotatable bonds is 2. The Hall–Kier alpha value is -1.83. The Bertz CT molecular complexity index is 845. The highest BCUT2D eigenvalue weighted by molar-refractivity contribution is 14.1. The molecule has 0 unspecified atom stereocenters. The Balaban J connectivity index is 2.27. The maximum atomic E-state index is 13.8. The zero-order valence-electron chi connectivity index (χ0n) is 11.5. The molecule has 0 amide bonds. The Morgan fingerprint density at radius 3 is 2.71 bits per heavy atom. The van der Waals surface area contributed by atoms with Gasteiger partial charge in [-0.25, -0.2) is 9.37 Å². The Morgan fingerprint density at radius 2 is 2.05 bits per heavy atom. The Morgan fingerprint density at radius 1 is 1.29 bits per heavy atom. The van der Waals surface area contributed by atoms with Gasteiger partial charge in [-0.1, -0.05) is 0 Å². The summed E-state index contributed by atoms with van der Waals surface area (Å²) in [6.45, 7) is 1.95. The van der Waals surface area contributed by atoms with Crippen LogP contribution in [0.1, 0.15) is 5.56 Å². The summed E-state index contributed by atoms with van der Waals surface area (Å²) < 4.78 is 21.4. The highest BCUT2D eigenvalue weighted by atomic mass is 127. The molecular formula is C15H13FIN3O. The molecule has 0 fully saturated rings. The van der Waals surface area contributed by atoms with Crippen molar-refractivity contribution in [2.24, 2.45) is 0 Å². The van der Waals surface area contributed by atoms with E-state index < -0.39 is 0 Å². The summed E-state index contributed by atoms with van der Waals surface area (Å²) in [6, 6.07) is 8.82. The molecular weight excluding hydrogens is 384 g/mol. The van der Waals surface area contributed by atoms with Crippen molar-refractivity contribution in [3.63, 3.8) is 0 Å². The zero-order valence-corrected chi connectivity index (χ0v) is 13.7. The normalized spacial score (nSPS) is 11.0. The van der Waals surface area contributed by atoms with Crippen LogP contribution in [0.2, 0.25) is 0 Å². The van der Waals surface area contributed by atoms with Gasteiger partial charge < -0.3 is 10.5 Å². The summed E-state index contributed by atoms with van der Waals surface area (Å²) >= 11 is 1.94. The van der Waals surface area contributed by atoms with Crippen LogP contribution in [-0.2, 0) is 0 Å². The van der Waals surface area contributed by atoms with Gasteiger partial charge in [0.25, 0.3) is 0 Å². The van der Waals surface area contributed by atoms with E-state index in [1.54, 1.807) is 17.7 Å². The molecule has 2 N–H and O–H groups in total. The van der Waals surface area contributed by atoms with Crippen LogP contribution in [0.25, 0.3) is 16.7 Å². The van der Waals surface area contributed by atoms with Crippen LogP contribution in [0.5, 0.6) is 5.75 Å². The first-order chi connectivity index (χ1) is 10.0. The van der Waals surface area contributed by atoms with Crippen LogP contribution in [0, 0.1) is 16.3 Å². The van der Waals surface area contributed by atoms with Crippen molar-refractivity contribution >= 4 is 39.6 Å². The molecule has 0 bridgehead atoms. The van der Waals surface area contributed by atoms with Crippen molar-refractivity contribution in [3.05, 3.63) is 45.3 Å². The average Bonchev–Trinajstić information content (AvgIpc) is 2.74. The number of nitrogens with two attached hydrogens (primary N) is 1. The fraction of sp³-hybridized carbons (Fsp3) is 0.133. The van der Waals surface area contributed by atoms with E-state index in [-0.39, 0.29) is 5.82 Å². The van der Waals surface area contributed by atoms with E-state index in [2.05, 4.69) is 4.98 Å². The van der Waals surface area contributed by atoms with Crippen LogP contribution < -0.4 is 10.5 Å². The zero-order chi connectivity index (χ0) is 15.1. The molecule has 0 saturated carbocycles. The lowest BCUT2D eigenvalue weighted by molar-refractivity contribution is 0.411. The number of benzene rings is 2. The summed E-state index contributed by atoms with van der Waals surface area (Å²) in [5, 5.41) is 0. The highest BCUT2D eigenvalue weighted by Crippen LogP contribution is 2.28. The second-order valence-corrected chi connectivity index (χ2v) is 5.88. The summed E-state index contributed by atoms with van der Waals surface area (Å²) in [6.07, 6.45) is 0. The van der Waals surface area contributed by atoms with Crippen molar-refractivity contribution in [3.8, 4) is 11.4 Å². The minimum atomic E-state index is -0.283. The molecule has 0 aliphatic heterocycles. The lowest BCUT2D eigenvalue weighted by Gasteiger charge is -2.10. The van der Waals surface area contributed by atoms with Gasteiger partial charge in [0.1, 0.15) is 11.6 Å². The van der Waals surface area contributed by atoms with Crippen LogP contribution in [-0.4, -0.2) is 16.7 Å². The smallest absolute Gasteiger partial charge is 0.205 e. The third-order valence-corrected chi connectivity index (χ3v) is 4.19. The van der Waals surface area contributed by atoms with Gasteiger partial charge in [-0.2, -0.15) is 0 Å². The first-order valence-electron chi connectivity index (χ1n) is 6.29. The average molecular weight is 397 g/mol. The molecule has 108 valence electrons. The van der Waals surface area contributed by atoms with Gasteiger partial charge in [-0.15, -0.1) is 0 Å². The number of nitrogen functional groups attached to an aromatic ring is 1. The first kappa shape index (κ1) is 14.1. The SMILES string of the molecule is COc1ccc(-n2c(N)nc3cc(I)c(F)cc32)cc1C. The van der Waals surface area contributed by atoms with E-state index >= 15 is 0 Å². The van der Waals surface area contributed by atoms with Gasteiger partial charge in [-0.05, 0) is 59.3 Å². The number of anilines is 1. The molecule has 0 saturated heterocycles. The molecule has 0 aliphatic carbocycles. The summed E-state index contributed by atoms with van der Waals surface area (Å²) in [5.74, 6) is 0.841. The summed E-state index contributed by atoms with van der Waals surface area (Å²) in [7, 11) is 1.63. The predicted octanol–water partition coefficient (Wildman–Crippen LogP) is 3.67. The monoisotopic (exact) mass is 397 g/mol. The van der Waals surface area contributed by atoms with Gasteiger partial charge in [0.2, 0.25) is 5.95 Å². The number of fused-ring (bicyclic) bond motifs is 1. The summed E-state index contributed by atoms with van der Waals surface area (Å²) in [5.41, 5.74) is 9.12. The quantitative estimate of drug-likeness (QED) is 0.672. The molecule has 3 aromatic rings. The second-order valence-electron chi connectivity index (χ2n) is 4.71. The van der Waals surface area contributed by atoms with Gasteiger partial charge >= 0.3 is 0 Å². The molecule has 0 spiro atoms. The van der Waals surface area contributed by atoms with E-state index in [9.17, 15) is 4.39 Å². The maximum absolute atomic E-state index is 13.8. The number of aryl methyl sites for hydroxylation is 1. The van der Waals surface area contributed by atoms with Gasteiger partial charge in [0, 0.05) is 11.8 Å². The van der Waals surface area contributed by atoms with Gasteiger partial charge in [-0.3, -0.25) is 4.57 Å². The van der Waals surface area contributed by atoms with Crippen LogP contribution in [0.15, 0.2) is 30.3 Å². The van der Waals surface area contributed by atoms with Crippen molar-refractivity contribution in [1.82, 2.24) is 9.55 Å². The third-order valence-electron chi connectivity index (χ3n) is 3.36. The predicted molar refractivity (Wildman–Crippen MR) is 89.4 cm³/mol. The lowest BCUT2D eigenvalue weighted by Crippen LogP contribution is -2.01. The largest absolute Gasteiger partial charge is 0.496 e. The fourth-order valence-electron chi connectivity index (χ4n) is 2.36. The molecule has 2 aromatic carbocycles. The number of methoxy groups -OCH3 is 1. The first-order valence-corrected chi connectivity index (χ1v) is 7.37. The number of halogens is 2. The standard InChI is InChI=1S/C15H13FIN3O/c1-8-5-9(3-4-14(8)21-2)20-13-6-10(16)11(17)7-12(13)19-15(20)18/h3-7H,1-2H3,(H2,18,19). The number of aromatic nitrogens is 2.